The molecule has 2 aromatic heterocycles. The first-order valence-electron chi connectivity index (χ1n) is 9.23. The Bertz CT molecular complexity index is 919. The van der Waals surface area contributed by atoms with Crippen LogP contribution in [0.15, 0.2) is 42.5 Å². The maximum Gasteiger partial charge on any atom is 0.178 e. The van der Waals surface area contributed by atoms with Gasteiger partial charge in [0.05, 0.1) is 12.8 Å². The second kappa shape index (κ2) is 7.24. The van der Waals surface area contributed by atoms with Crippen LogP contribution >= 0.6 is 0 Å². The van der Waals surface area contributed by atoms with Crippen molar-refractivity contribution in [1.82, 2.24) is 15.0 Å². The van der Waals surface area contributed by atoms with Crippen molar-refractivity contribution in [2.24, 2.45) is 0 Å². The molecule has 0 spiro atoms. The molecule has 1 aliphatic carbocycles. The van der Waals surface area contributed by atoms with E-state index in [1.165, 1.54) is 30.5 Å². The summed E-state index contributed by atoms with van der Waals surface area (Å²) in [6.07, 6.45) is 5.68. The minimum absolute atomic E-state index is 0.722. The molecule has 132 valence electrons. The third-order valence-electron chi connectivity index (χ3n) is 4.91. The van der Waals surface area contributed by atoms with Crippen molar-refractivity contribution < 1.29 is 4.74 Å². The Labute approximate surface area is 154 Å². The molecule has 0 aliphatic heterocycles. The predicted octanol–water partition coefficient (Wildman–Crippen LogP) is 4.79. The number of pyridine rings is 1. The number of ether oxygens (including phenoxy) is 1. The van der Waals surface area contributed by atoms with Crippen LogP contribution in [0.5, 0.6) is 5.75 Å². The highest BCUT2D eigenvalue weighted by molar-refractivity contribution is 5.67. The van der Waals surface area contributed by atoms with Gasteiger partial charge in [-0.2, -0.15) is 0 Å². The van der Waals surface area contributed by atoms with Crippen LogP contribution in [0, 0.1) is 6.92 Å². The summed E-state index contributed by atoms with van der Waals surface area (Å²) >= 11 is 0. The quantitative estimate of drug-likeness (QED) is 0.640. The Morgan fingerprint density at radius 2 is 1.65 bits per heavy atom. The normalized spacial score (nSPS) is 13.8. The Hall–Kier alpha value is -2.75. The Morgan fingerprint density at radius 3 is 2.42 bits per heavy atom. The van der Waals surface area contributed by atoms with Crippen molar-refractivity contribution >= 4 is 0 Å². The summed E-state index contributed by atoms with van der Waals surface area (Å²) in [5.41, 5.74) is 6.45. The van der Waals surface area contributed by atoms with Gasteiger partial charge in [0.15, 0.2) is 5.82 Å². The monoisotopic (exact) mass is 345 g/mol. The molecule has 0 N–H and O–H groups in total. The maximum absolute atomic E-state index is 5.30. The van der Waals surface area contributed by atoms with Crippen LogP contribution in [0.3, 0.4) is 0 Å². The predicted molar refractivity (Wildman–Crippen MR) is 103 cm³/mol. The van der Waals surface area contributed by atoms with Gasteiger partial charge in [-0.3, -0.25) is 0 Å². The first-order chi connectivity index (χ1) is 12.7. The summed E-state index contributed by atoms with van der Waals surface area (Å²) in [6.45, 7) is 2.00. The zero-order chi connectivity index (χ0) is 17.9. The summed E-state index contributed by atoms with van der Waals surface area (Å²) in [6, 6.07) is 14.1. The number of aromatic nitrogens is 3. The Morgan fingerprint density at radius 1 is 0.846 bits per heavy atom. The molecule has 0 unspecified atom stereocenters. The zero-order valence-electron chi connectivity index (χ0n) is 15.3. The molecule has 0 amide bonds. The van der Waals surface area contributed by atoms with Crippen LogP contribution in [0.1, 0.15) is 36.2 Å². The smallest absolute Gasteiger partial charge is 0.178 e. The fraction of sp³-hybridized carbons (Fsp3) is 0.318. The van der Waals surface area contributed by atoms with Crippen molar-refractivity contribution in [2.45, 2.75) is 39.0 Å². The molecular weight excluding hydrogens is 322 g/mol. The zero-order valence-corrected chi connectivity index (χ0v) is 15.3. The summed E-state index contributed by atoms with van der Waals surface area (Å²) < 4.78 is 5.30. The first-order valence-corrected chi connectivity index (χ1v) is 9.23. The largest absolute Gasteiger partial charge is 0.497 e. The highest BCUT2D eigenvalue weighted by Gasteiger charge is 2.19. The van der Waals surface area contributed by atoms with Gasteiger partial charge in [0.2, 0.25) is 0 Å². The van der Waals surface area contributed by atoms with E-state index in [1.54, 1.807) is 7.11 Å². The summed E-state index contributed by atoms with van der Waals surface area (Å²) in [5, 5.41) is 0. The molecule has 0 atom stereocenters. The number of hydrogen-bond donors (Lipinski definition) is 0. The minimum atomic E-state index is 0.722. The molecule has 4 heteroatoms. The molecule has 1 aliphatic rings. The van der Waals surface area contributed by atoms with E-state index in [9.17, 15) is 0 Å². The van der Waals surface area contributed by atoms with E-state index < -0.39 is 0 Å². The van der Waals surface area contributed by atoms with Gasteiger partial charge in [-0.25, -0.2) is 15.0 Å². The molecule has 0 fully saturated rings. The number of hydrogen-bond acceptors (Lipinski definition) is 4. The van der Waals surface area contributed by atoms with Gasteiger partial charge < -0.3 is 4.74 Å². The lowest BCUT2D eigenvalue weighted by atomic mass is 10.0. The van der Waals surface area contributed by atoms with E-state index in [0.29, 0.717) is 0 Å². The van der Waals surface area contributed by atoms with Crippen molar-refractivity contribution in [1.29, 1.82) is 0 Å². The minimum Gasteiger partial charge on any atom is -0.497 e. The molecule has 26 heavy (non-hydrogen) atoms. The van der Waals surface area contributed by atoms with E-state index in [0.717, 1.165) is 47.1 Å². The van der Waals surface area contributed by atoms with Gasteiger partial charge in [-0.15, -0.1) is 0 Å². The summed E-state index contributed by atoms with van der Waals surface area (Å²) in [7, 11) is 1.69. The Kier molecular flexibility index (Phi) is 4.65. The lowest BCUT2D eigenvalue weighted by Gasteiger charge is -2.14. The van der Waals surface area contributed by atoms with Crippen LogP contribution in [0.2, 0.25) is 0 Å². The third kappa shape index (κ3) is 3.32. The second-order valence-corrected chi connectivity index (χ2v) is 6.77. The standard InChI is InChI=1S/C22H23N3O/c1-15-7-6-10-20(23-15)22-24-19-9-5-3-4-8-18(19)21(25-22)16-11-13-17(26-2)14-12-16/h6-7,10-14H,3-5,8-9H2,1-2H3. The van der Waals surface area contributed by atoms with Crippen LogP contribution < -0.4 is 4.74 Å². The number of methoxy groups -OCH3 is 1. The van der Waals surface area contributed by atoms with Crippen LogP contribution in [0.4, 0.5) is 0 Å². The molecule has 3 aromatic rings. The molecule has 1 aromatic carbocycles. The number of rotatable bonds is 3. The number of fused-ring (bicyclic) bond motifs is 1. The van der Waals surface area contributed by atoms with Gasteiger partial charge in [-0.1, -0.05) is 12.5 Å². The van der Waals surface area contributed by atoms with E-state index in [1.807, 2.05) is 37.3 Å². The third-order valence-corrected chi connectivity index (χ3v) is 4.91. The van der Waals surface area contributed by atoms with E-state index >= 15 is 0 Å². The number of benzene rings is 1. The number of nitrogens with zero attached hydrogens (tertiary/aromatic N) is 3. The highest BCUT2D eigenvalue weighted by Crippen LogP contribution is 2.31. The molecular formula is C22H23N3O. The van der Waals surface area contributed by atoms with Crippen LogP contribution in [-0.2, 0) is 12.8 Å². The second-order valence-electron chi connectivity index (χ2n) is 6.77. The molecule has 0 saturated carbocycles. The van der Waals surface area contributed by atoms with Crippen LogP contribution in [-0.4, -0.2) is 22.1 Å². The molecule has 2 heterocycles. The molecule has 0 saturated heterocycles. The average molecular weight is 345 g/mol. The topological polar surface area (TPSA) is 47.9 Å². The van der Waals surface area contributed by atoms with E-state index in [2.05, 4.69) is 17.1 Å². The Balaban J connectivity index is 1.88. The first kappa shape index (κ1) is 16.7. The van der Waals surface area contributed by atoms with Crippen molar-refractivity contribution in [3.8, 4) is 28.5 Å². The van der Waals surface area contributed by atoms with Crippen LogP contribution in [0.25, 0.3) is 22.8 Å². The molecule has 0 radical (unpaired) electrons. The number of aryl methyl sites for hydroxylation is 2. The molecule has 4 rings (SSSR count). The van der Waals surface area contributed by atoms with E-state index in [-0.39, 0.29) is 0 Å². The van der Waals surface area contributed by atoms with Gasteiger partial charge in [-0.05, 0) is 69.0 Å². The van der Waals surface area contributed by atoms with E-state index in [4.69, 9.17) is 14.7 Å². The summed E-state index contributed by atoms with van der Waals surface area (Å²) in [5.74, 6) is 1.58. The lowest BCUT2D eigenvalue weighted by molar-refractivity contribution is 0.415. The fourth-order valence-electron chi connectivity index (χ4n) is 3.54. The summed E-state index contributed by atoms with van der Waals surface area (Å²) in [4.78, 5) is 14.5. The van der Waals surface area contributed by atoms with Gasteiger partial charge in [0, 0.05) is 22.5 Å². The van der Waals surface area contributed by atoms with Crippen molar-refractivity contribution in [3.63, 3.8) is 0 Å². The van der Waals surface area contributed by atoms with Crippen molar-refractivity contribution in [3.05, 3.63) is 59.4 Å². The molecule has 0 bridgehead atoms. The molecule has 4 nitrogen and oxygen atoms in total. The van der Waals surface area contributed by atoms with Gasteiger partial charge in [0.1, 0.15) is 11.4 Å². The van der Waals surface area contributed by atoms with Crippen molar-refractivity contribution in [2.75, 3.05) is 7.11 Å². The fourth-order valence-corrected chi connectivity index (χ4v) is 3.54. The average Bonchev–Trinajstić information content (AvgIpc) is 2.93. The maximum atomic E-state index is 5.30. The highest BCUT2D eigenvalue weighted by atomic mass is 16.5. The lowest BCUT2D eigenvalue weighted by Crippen LogP contribution is -2.05. The van der Waals surface area contributed by atoms with Gasteiger partial charge in [0.25, 0.3) is 0 Å². The van der Waals surface area contributed by atoms with Gasteiger partial charge >= 0.3 is 0 Å². The SMILES string of the molecule is COc1ccc(-c2nc(-c3cccc(C)n3)nc3c2CCCCC3)cc1.